The average molecular weight is 615 g/mol. The van der Waals surface area contributed by atoms with Gasteiger partial charge in [-0.3, -0.25) is 19.9 Å². The Morgan fingerprint density at radius 3 is 2.41 bits per heavy atom. The van der Waals surface area contributed by atoms with E-state index in [-0.39, 0.29) is 27.3 Å². The topological polar surface area (TPSA) is 169 Å². The van der Waals surface area contributed by atoms with E-state index in [1.165, 1.54) is 47.4 Å². The zero-order valence-electron chi connectivity index (χ0n) is 21.4. The SMILES string of the molecule is CCOC(=O)c1ccc(N2C(=N)S/C(=C\c3cc(Cl)ccc3OCC(=O)Nc3ccc(S(N)(=O)=O)cc3)C2=O)cc1. The zero-order valence-corrected chi connectivity index (χ0v) is 23.8. The second-order valence-electron chi connectivity index (χ2n) is 8.41. The predicted octanol–water partition coefficient (Wildman–Crippen LogP) is 4.24. The molecule has 0 spiro atoms. The number of amidine groups is 1. The van der Waals surface area contributed by atoms with Gasteiger partial charge in [-0.15, -0.1) is 0 Å². The Morgan fingerprint density at radius 2 is 1.78 bits per heavy atom. The minimum Gasteiger partial charge on any atom is -0.483 e. The first kappa shape index (κ1) is 29.8. The molecule has 0 saturated carbocycles. The molecule has 212 valence electrons. The molecule has 0 bridgehead atoms. The summed E-state index contributed by atoms with van der Waals surface area (Å²) in [5, 5.41) is 16.3. The normalized spacial score (nSPS) is 14.3. The van der Waals surface area contributed by atoms with Gasteiger partial charge in [0.25, 0.3) is 11.8 Å². The van der Waals surface area contributed by atoms with Crippen LogP contribution in [0.2, 0.25) is 5.02 Å². The van der Waals surface area contributed by atoms with Crippen LogP contribution in [-0.2, 0) is 24.3 Å². The number of ether oxygens (including phenoxy) is 2. The third-order valence-corrected chi connectivity index (χ3v) is 7.60. The number of amides is 2. The summed E-state index contributed by atoms with van der Waals surface area (Å²) in [6.45, 7) is 1.54. The average Bonchev–Trinajstić information content (AvgIpc) is 3.20. The smallest absolute Gasteiger partial charge is 0.338 e. The molecule has 1 fully saturated rings. The van der Waals surface area contributed by atoms with Crippen molar-refractivity contribution in [2.24, 2.45) is 5.14 Å². The van der Waals surface area contributed by atoms with E-state index in [1.54, 1.807) is 37.3 Å². The van der Waals surface area contributed by atoms with E-state index in [0.717, 1.165) is 11.8 Å². The van der Waals surface area contributed by atoms with Crippen molar-refractivity contribution >= 4 is 73.8 Å². The van der Waals surface area contributed by atoms with Crippen LogP contribution in [0.4, 0.5) is 11.4 Å². The maximum Gasteiger partial charge on any atom is 0.338 e. The van der Waals surface area contributed by atoms with E-state index >= 15 is 0 Å². The summed E-state index contributed by atoms with van der Waals surface area (Å²) < 4.78 is 33.4. The van der Waals surface area contributed by atoms with Gasteiger partial charge in [0, 0.05) is 16.3 Å². The molecule has 3 aromatic rings. The van der Waals surface area contributed by atoms with Gasteiger partial charge in [-0.25, -0.2) is 18.4 Å². The number of sulfonamides is 1. The quantitative estimate of drug-likeness (QED) is 0.237. The molecule has 4 N–H and O–H groups in total. The number of primary sulfonamides is 1. The number of hydrogen-bond donors (Lipinski definition) is 3. The molecule has 41 heavy (non-hydrogen) atoms. The van der Waals surface area contributed by atoms with Gasteiger partial charge in [0.1, 0.15) is 5.75 Å². The van der Waals surface area contributed by atoms with Gasteiger partial charge >= 0.3 is 5.97 Å². The van der Waals surface area contributed by atoms with E-state index < -0.39 is 34.4 Å². The van der Waals surface area contributed by atoms with Crippen LogP contribution in [0.1, 0.15) is 22.8 Å². The molecule has 11 nitrogen and oxygen atoms in total. The van der Waals surface area contributed by atoms with Crippen LogP contribution in [0.5, 0.6) is 5.75 Å². The largest absolute Gasteiger partial charge is 0.483 e. The highest BCUT2D eigenvalue weighted by Gasteiger charge is 2.34. The van der Waals surface area contributed by atoms with Crippen LogP contribution in [0, 0.1) is 5.41 Å². The maximum atomic E-state index is 13.2. The summed E-state index contributed by atoms with van der Waals surface area (Å²) in [5.74, 6) is -1.21. The molecule has 3 aromatic carbocycles. The highest BCUT2D eigenvalue weighted by Crippen LogP contribution is 2.37. The van der Waals surface area contributed by atoms with Crippen molar-refractivity contribution in [1.82, 2.24) is 0 Å². The standard InChI is InChI=1S/C27H23ClN4O7S2/c1-2-38-26(35)16-3-8-20(9-4-16)32-25(34)23(40-27(32)29)14-17-13-18(28)5-12-22(17)39-15-24(33)31-19-6-10-21(11-7-19)41(30,36)37/h3-14,29H,2,15H2,1H3,(H,31,33)(H2,30,36,37)/b23-14-,29-27?. The van der Waals surface area contributed by atoms with Crippen molar-refractivity contribution in [3.05, 3.63) is 87.8 Å². The van der Waals surface area contributed by atoms with E-state index in [0.29, 0.717) is 27.5 Å². The summed E-state index contributed by atoms with van der Waals surface area (Å²) in [7, 11) is -3.86. The third-order valence-electron chi connectivity index (χ3n) is 5.54. The number of carbonyl (C=O) groups excluding carboxylic acids is 3. The molecule has 0 atom stereocenters. The fraction of sp³-hybridized carbons (Fsp3) is 0.111. The first-order valence-corrected chi connectivity index (χ1v) is 14.6. The molecule has 1 heterocycles. The van der Waals surface area contributed by atoms with Gasteiger partial charge in [-0.1, -0.05) is 11.6 Å². The van der Waals surface area contributed by atoms with Gasteiger partial charge in [0.05, 0.1) is 27.7 Å². The lowest BCUT2D eigenvalue weighted by atomic mass is 10.1. The van der Waals surface area contributed by atoms with Crippen molar-refractivity contribution in [3.8, 4) is 5.75 Å². The Balaban J connectivity index is 1.47. The molecule has 0 unspecified atom stereocenters. The molecule has 0 aromatic heterocycles. The number of nitrogens with zero attached hydrogens (tertiary/aromatic N) is 1. The number of benzene rings is 3. The molecule has 1 aliphatic heterocycles. The van der Waals surface area contributed by atoms with Crippen LogP contribution >= 0.6 is 23.4 Å². The first-order chi connectivity index (χ1) is 19.5. The molecule has 0 aliphatic carbocycles. The van der Waals surface area contributed by atoms with E-state index in [1.807, 2.05) is 0 Å². The number of halogens is 1. The summed E-state index contributed by atoms with van der Waals surface area (Å²) in [5.41, 5.74) is 1.47. The van der Waals surface area contributed by atoms with Gasteiger partial charge in [0.2, 0.25) is 10.0 Å². The summed E-state index contributed by atoms with van der Waals surface area (Å²) in [6.07, 6.45) is 1.51. The van der Waals surface area contributed by atoms with Gasteiger partial charge in [0.15, 0.2) is 11.8 Å². The molecular formula is C27H23ClN4O7S2. The number of carbonyl (C=O) groups is 3. The minimum atomic E-state index is -3.86. The molecule has 2 amide bonds. The predicted molar refractivity (Wildman–Crippen MR) is 157 cm³/mol. The van der Waals surface area contributed by atoms with Gasteiger partial charge in [-0.05, 0) is 91.5 Å². The number of thioether (sulfide) groups is 1. The van der Waals surface area contributed by atoms with Crippen molar-refractivity contribution in [1.29, 1.82) is 5.41 Å². The highest BCUT2D eigenvalue weighted by atomic mass is 35.5. The Hall–Kier alpha value is -4.17. The van der Waals surface area contributed by atoms with Crippen molar-refractivity contribution in [2.75, 3.05) is 23.4 Å². The van der Waals surface area contributed by atoms with Crippen LogP contribution in [0.15, 0.2) is 76.5 Å². The molecule has 4 rings (SSSR count). The zero-order chi connectivity index (χ0) is 29.7. The highest BCUT2D eigenvalue weighted by molar-refractivity contribution is 8.19. The van der Waals surface area contributed by atoms with Crippen molar-refractivity contribution in [2.45, 2.75) is 11.8 Å². The molecule has 1 saturated heterocycles. The van der Waals surface area contributed by atoms with Gasteiger partial charge in [-0.2, -0.15) is 0 Å². The summed E-state index contributed by atoms with van der Waals surface area (Å²) in [6, 6.07) is 16.1. The van der Waals surface area contributed by atoms with Crippen LogP contribution in [0.3, 0.4) is 0 Å². The van der Waals surface area contributed by atoms with E-state index in [2.05, 4.69) is 5.32 Å². The monoisotopic (exact) mass is 614 g/mol. The van der Waals surface area contributed by atoms with Crippen LogP contribution in [-0.4, -0.2) is 44.6 Å². The summed E-state index contributed by atoms with van der Waals surface area (Å²) >= 11 is 7.10. The number of rotatable bonds is 9. The van der Waals surface area contributed by atoms with Crippen molar-refractivity contribution < 1.29 is 32.3 Å². The molecular weight excluding hydrogens is 592 g/mol. The lowest BCUT2D eigenvalue weighted by Gasteiger charge is -2.14. The molecule has 14 heteroatoms. The maximum absolute atomic E-state index is 13.2. The molecule has 1 aliphatic rings. The Labute approximate surface area is 244 Å². The number of esters is 1. The number of anilines is 2. The third kappa shape index (κ3) is 7.32. The Kier molecular flexibility index (Phi) is 9.13. The van der Waals surface area contributed by atoms with E-state index in [9.17, 15) is 22.8 Å². The second kappa shape index (κ2) is 12.6. The Bertz CT molecular complexity index is 1660. The van der Waals surface area contributed by atoms with Crippen LogP contribution in [0.25, 0.3) is 6.08 Å². The van der Waals surface area contributed by atoms with Crippen molar-refractivity contribution in [3.63, 3.8) is 0 Å². The van der Waals surface area contributed by atoms with Gasteiger partial charge < -0.3 is 14.8 Å². The van der Waals surface area contributed by atoms with Crippen LogP contribution < -0.4 is 20.1 Å². The Morgan fingerprint density at radius 1 is 1.10 bits per heavy atom. The number of nitrogens with two attached hydrogens (primary N) is 1. The second-order valence-corrected chi connectivity index (χ2v) is 11.4. The first-order valence-electron chi connectivity index (χ1n) is 11.9. The number of nitrogens with one attached hydrogen (secondary N) is 2. The lowest BCUT2D eigenvalue weighted by Crippen LogP contribution is -2.28. The fourth-order valence-corrected chi connectivity index (χ4v) is 5.20. The summed E-state index contributed by atoms with van der Waals surface area (Å²) in [4.78, 5) is 38.9. The van der Waals surface area contributed by atoms with E-state index in [4.69, 9.17) is 31.6 Å². The molecule has 0 radical (unpaired) electrons. The minimum absolute atomic E-state index is 0.0394. The fourth-order valence-electron chi connectivity index (χ4n) is 3.66. The lowest BCUT2D eigenvalue weighted by molar-refractivity contribution is -0.118. The number of hydrogen-bond acceptors (Lipinski definition) is 9.